The molecule has 4 nitrogen and oxygen atoms in total. The van der Waals surface area contributed by atoms with Crippen LogP contribution in [0.15, 0.2) is 91.0 Å². The molecule has 1 heterocycles. The number of halogens is 3. The lowest BCUT2D eigenvalue weighted by Gasteiger charge is -2.20. The van der Waals surface area contributed by atoms with E-state index in [1.807, 2.05) is 0 Å². The summed E-state index contributed by atoms with van der Waals surface area (Å²) >= 11 is 6.00. The van der Waals surface area contributed by atoms with Crippen LogP contribution in [-0.4, -0.2) is 4.98 Å². The number of nitrogens with zero attached hydrogens (tertiary/aromatic N) is 1. The van der Waals surface area contributed by atoms with Crippen LogP contribution in [-0.2, 0) is 0 Å². The zero-order chi connectivity index (χ0) is 21.6. The SMILES string of the molecule is Fc1cccc(OC(Oc2cccc(F)c2)c2cccc(Oc3cccc(Cl)c3)n2)c1. The minimum absolute atomic E-state index is 0.226. The highest BCUT2D eigenvalue weighted by Crippen LogP contribution is 2.28. The second kappa shape index (κ2) is 9.45. The number of hydrogen-bond donors (Lipinski definition) is 0. The Bertz CT molecular complexity index is 1140. The average Bonchev–Trinajstić information content (AvgIpc) is 2.74. The highest BCUT2D eigenvalue weighted by molar-refractivity contribution is 6.30. The predicted octanol–water partition coefficient (Wildman–Crippen LogP) is 6.96. The van der Waals surface area contributed by atoms with Gasteiger partial charge in [0, 0.05) is 23.2 Å². The molecular weight excluding hydrogens is 424 g/mol. The van der Waals surface area contributed by atoms with Gasteiger partial charge in [0.2, 0.25) is 5.88 Å². The van der Waals surface area contributed by atoms with Crippen molar-refractivity contribution in [2.75, 3.05) is 0 Å². The maximum atomic E-state index is 13.6. The van der Waals surface area contributed by atoms with Crippen molar-refractivity contribution in [3.63, 3.8) is 0 Å². The summed E-state index contributed by atoms with van der Waals surface area (Å²) in [7, 11) is 0. The molecule has 31 heavy (non-hydrogen) atoms. The number of pyridine rings is 1. The van der Waals surface area contributed by atoms with E-state index in [-0.39, 0.29) is 17.4 Å². The Kier molecular flexibility index (Phi) is 6.29. The van der Waals surface area contributed by atoms with Crippen LogP contribution in [0, 0.1) is 11.6 Å². The molecule has 0 aliphatic carbocycles. The monoisotopic (exact) mass is 439 g/mol. The number of hydrogen-bond acceptors (Lipinski definition) is 4. The van der Waals surface area contributed by atoms with E-state index in [0.717, 1.165) is 0 Å². The maximum Gasteiger partial charge on any atom is 0.284 e. The van der Waals surface area contributed by atoms with Crippen molar-refractivity contribution in [2.45, 2.75) is 6.29 Å². The fraction of sp³-hybridized carbons (Fsp3) is 0.0417. The summed E-state index contributed by atoms with van der Waals surface area (Å²) in [6, 6.07) is 23.1. The first-order valence-corrected chi connectivity index (χ1v) is 9.68. The van der Waals surface area contributed by atoms with Crippen LogP contribution < -0.4 is 14.2 Å². The molecular formula is C24H16ClF2NO3. The Morgan fingerprint density at radius 3 is 1.87 bits per heavy atom. The molecule has 0 saturated heterocycles. The molecule has 0 N–H and O–H groups in total. The molecule has 0 amide bonds. The standard InChI is InChI=1S/C24H16ClF2NO3/c25-16-5-1-8-19(13-16)29-23-12-4-11-22(28-23)24(30-20-9-2-6-17(26)14-20)31-21-10-3-7-18(27)15-21/h1-15,24H. The van der Waals surface area contributed by atoms with Crippen molar-refractivity contribution >= 4 is 11.6 Å². The maximum absolute atomic E-state index is 13.6. The molecule has 7 heteroatoms. The molecule has 0 radical (unpaired) electrons. The Morgan fingerprint density at radius 1 is 0.677 bits per heavy atom. The van der Waals surface area contributed by atoms with Gasteiger partial charge in [-0.1, -0.05) is 35.9 Å². The average molecular weight is 440 g/mol. The lowest BCUT2D eigenvalue weighted by Crippen LogP contribution is -2.17. The molecule has 0 spiro atoms. The fourth-order valence-electron chi connectivity index (χ4n) is 2.74. The zero-order valence-electron chi connectivity index (χ0n) is 16.0. The Morgan fingerprint density at radius 2 is 1.26 bits per heavy atom. The van der Waals surface area contributed by atoms with Gasteiger partial charge in [-0.2, -0.15) is 0 Å². The van der Waals surface area contributed by atoms with Gasteiger partial charge in [-0.15, -0.1) is 0 Å². The molecule has 3 aromatic carbocycles. The van der Waals surface area contributed by atoms with Gasteiger partial charge in [-0.05, 0) is 48.5 Å². The van der Waals surface area contributed by atoms with Crippen LogP contribution in [0.4, 0.5) is 8.78 Å². The van der Waals surface area contributed by atoms with E-state index in [0.29, 0.717) is 16.5 Å². The van der Waals surface area contributed by atoms with Crippen LogP contribution in [0.3, 0.4) is 0 Å². The van der Waals surface area contributed by atoms with E-state index in [1.54, 1.807) is 54.6 Å². The number of benzene rings is 3. The topological polar surface area (TPSA) is 40.6 Å². The van der Waals surface area contributed by atoms with Gasteiger partial charge in [0.15, 0.2) is 0 Å². The molecule has 0 aliphatic rings. The third kappa shape index (κ3) is 5.71. The molecule has 156 valence electrons. The van der Waals surface area contributed by atoms with Crippen molar-refractivity contribution in [2.24, 2.45) is 0 Å². The molecule has 4 aromatic rings. The van der Waals surface area contributed by atoms with E-state index >= 15 is 0 Å². The quantitative estimate of drug-likeness (QED) is 0.292. The van der Waals surface area contributed by atoms with Gasteiger partial charge in [-0.25, -0.2) is 13.8 Å². The number of ether oxygens (including phenoxy) is 3. The number of aromatic nitrogens is 1. The minimum atomic E-state index is -1.09. The van der Waals surface area contributed by atoms with Gasteiger partial charge in [0.05, 0.1) is 0 Å². The van der Waals surface area contributed by atoms with Crippen LogP contribution in [0.1, 0.15) is 12.0 Å². The van der Waals surface area contributed by atoms with Crippen LogP contribution in [0.25, 0.3) is 0 Å². The van der Waals surface area contributed by atoms with Crippen molar-refractivity contribution in [3.05, 3.63) is 113 Å². The van der Waals surface area contributed by atoms with E-state index in [1.165, 1.54) is 36.4 Å². The van der Waals surface area contributed by atoms with Crippen molar-refractivity contribution < 1.29 is 23.0 Å². The second-order valence-corrected chi connectivity index (χ2v) is 6.88. The third-order valence-electron chi connectivity index (χ3n) is 4.08. The van der Waals surface area contributed by atoms with Gasteiger partial charge < -0.3 is 14.2 Å². The van der Waals surface area contributed by atoms with Gasteiger partial charge in [-0.3, -0.25) is 0 Å². The highest BCUT2D eigenvalue weighted by Gasteiger charge is 2.19. The second-order valence-electron chi connectivity index (χ2n) is 6.44. The van der Waals surface area contributed by atoms with E-state index in [2.05, 4.69) is 4.98 Å². The molecule has 0 unspecified atom stereocenters. The van der Waals surface area contributed by atoms with Gasteiger partial charge in [0.25, 0.3) is 6.29 Å². The molecule has 0 saturated carbocycles. The summed E-state index contributed by atoms with van der Waals surface area (Å²) in [5.74, 6) is 0.302. The molecule has 4 rings (SSSR count). The summed E-state index contributed by atoms with van der Waals surface area (Å²) in [4.78, 5) is 4.43. The summed E-state index contributed by atoms with van der Waals surface area (Å²) < 4.78 is 44.7. The van der Waals surface area contributed by atoms with E-state index in [9.17, 15) is 8.78 Å². The lowest BCUT2D eigenvalue weighted by molar-refractivity contribution is -0.000374. The normalized spacial score (nSPS) is 10.7. The third-order valence-corrected chi connectivity index (χ3v) is 4.32. The Balaban J connectivity index is 1.63. The largest absolute Gasteiger partial charge is 0.449 e. The molecule has 0 aliphatic heterocycles. The Labute approximate surface area is 182 Å². The van der Waals surface area contributed by atoms with Crippen LogP contribution in [0.2, 0.25) is 5.02 Å². The van der Waals surface area contributed by atoms with Gasteiger partial charge in [0.1, 0.15) is 34.6 Å². The summed E-state index contributed by atoms with van der Waals surface area (Å²) in [6.07, 6.45) is -1.09. The first-order chi connectivity index (χ1) is 15.0. The zero-order valence-corrected chi connectivity index (χ0v) is 16.8. The Hall–Kier alpha value is -3.64. The smallest absolute Gasteiger partial charge is 0.284 e. The van der Waals surface area contributed by atoms with Crippen LogP contribution in [0.5, 0.6) is 23.1 Å². The first-order valence-electron chi connectivity index (χ1n) is 9.30. The molecule has 1 aromatic heterocycles. The van der Waals surface area contributed by atoms with Crippen LogP contribution >= 0.6 is 11.6 Å². The highest BCUT2D eigenvalue weighted by atomic mass is 35.5. The summed E-state index contributed by atoms with van der Waals surface area (Å²) in [5.41, 5.74) is 0.341. The lowest BCUT2D eigenvalue weighted by atomic mass is 10.3. The van der Waals surface area contributed by atoms with Crippen molar-refractivity contribution in [3.8, 4) is 23.1 Å². The van der Waals surface area contributed by atoms with E-state index in [4.69, 9.17) is 25.8 Å². The molecule has 0 atom stereocenters. The summed E-state index contributed by atoms with van der Waals surface area (Å²) in [6.45, 7) is 0. The molecule has 0 bridgehead atoms. The van der Waals surface area contributed by atoms with Gasteiger partial charge >= 0.3 is 0 Å². The fourth-order valence-corrected chi connectivity index (χ4v) is 2.92. The van der Waals surface area contributed by atoms with E-state index < -0.39 is 17.9 Å². The predicted molar refractivity (Wildman–Crippen MR) is 113 cm³/mol. The molecule has 0 fully saturated rings. The summed E-state index contributed by atoms with van der Waals surface area (Å²) in [5, 5.41) is 0.524. The minimum Gasteiger partial charge on any atom is -0.449 e. The van der Waals surface area contributed by atoms with Crippen molar-refractivity contribution in [1.82, 2.24) is 4.98 Å². The van der Waals surface area contributed by atoms with Crippen molar-refractivity contribution in [1.29, 1.82) is 0 Å². The first kappa shape index (κ1) is 20.6. The number of rotatable bonds is 7.